The predicted molar refractivity (Wildman–Crippen MR) is 65.4 cm³/mol. The molecule has 0 spiro atoms. The highest BCUT2D eigenvalue weighted by atomic mass is 35.5. The van der Waals surface area contributed by atoms with Crippen molar-refractivity contribution in [2.45, 2.75) is 0 Å². The van der Waals surface area contributed by atoms with Gasteiger partial charge >= 0.3 is 0 Å². The lowest BCUT2D eigenvalue weighted by Gasteiger charge is -1.93. The molecule has 0 fully saturated rings. The van der Waals surface area contributed by atoms with Crippen molar-refractivity contribution in [2.24, 2.45) is 4.99 Å². The van der Waals surface area contributed by atoms with Crippen molar-refractivity contribution in [3.05, 3.63) is 48.0 Å². The Labute approximate surface area is 98.4 Å². The van der Waals surface area contributed by atoms with E-state index in [4.69, 9.17) is 16.7 Å². The Morgan fingerprint density at radius 2 is 2.00 bits per heavy atom. The summed E-state index contributed by atoms with van der Waals surface area (Å²) in [6.45, 7) is 3.32. The Hall–Kier alpha value is -1.87. The van der Waals surface area contributed by atoms with E-state index in [9.17, 15) is 4.79 Å². The van der Waals surface area contributed by atoms with Crippen LogP contribution < -0.4 is 0 Å². The van der Waals surface area contributed by atoms with Gasteiger partial charge in [-0.3, -0.25) is 9.79 Å². The van der Waals surface area contributed by atoms with Gasteiger partial charge in [0.25, 0.3) is 0 Å². The zero-order chi connectivity index (χ0) is 12.0. The number of carbonyl (C=O) groups is 1. The van der Waals surface area contributed by atoms with Crippen molar-refractivity contribution in [3.8, 4) is 5.75 Å². The summed E-state index contributed by atoms with van der Waals surface area (Å²) in [5.74, 6) is -0.107. The Morgan fingerprint density at radius 3 is 2.56 bits per heavy atom. The minimum Gasteiger partial charge on any atom is -0.508 e. The average molecular weight is 236 g/mol. The van der Waals surface area contributed by atoms with Gasteiger partial charge in [-0.15, -0.1) is 0 Å². The van der Waals surface area contributed by atoms with E-state index in [2.05, 4.69) is 11.6 Å². The van der Waals surface area contributed by atoms with Crippen molar-refractivity contribution >= 4 is 29.3 Å². The fourth-order valence-electron chi connectivity index (χ4n) is 0.907. The van der Waals surface area contributed by atoms with E-state index in [1.54, 1.807) is 12.1 Å². The van der Waals surface area contributed by atoms with Crippen LogP contribution in [0.5, 0.6) is 5.75 Å². The van der Waals surface area contributed by atoms with E-state index in [0.717, 1.165) is 6.08 Å². The van der Waals surface area contributed by atoms with Gasteiger partial charge in [0.1, 0.15) is 5.75 Å². The Bertz CT molecular complexity index is 447. The molecule has 0 aromatic heterocycles. The van der Waals surface area contributed by atoms with Gasteiger partial charge in [0.15, 0.2) is 5.78 Å². The third kappa shape index (κ3) is 4.11. The van der Waals surface area contributed by atoms with Crippen molar-refractivity contribution in [1.82, 2.24) is 0 Å². The molecule has 3 nitrogen and oxygen atoms in total. The minimum atomic E-state index is -0.276. The van der Waals surface area contributed by atoms with Crippen LogP contribution in [0.2, 0.25) is 0 Å². The molecule has 0 bridgehead atoms. The Balaban J connectivity index is 2.73. The molecular weight excluding hydrogens is 226 g/mol. The largest absolute Gasteiger partial charge is 0.508 e. The maximum Gasteiger partial charge on any atom is 0.179 e. The molecule has 0 amide bonds. The average Bonchev–Trinajstić information content (AvgIpc) is 2.28. The van der Waals surface area contributed by atoms with Crippen molar-refractivity contribution < 1.29 is 9.90 Å². The van der Waals surface area contributed by atoms with Gasteiger partial charge in [0.05, 0.1) is 10.7 Å². The third-order valence-corrected chi connectivity index (χ3v) is 1.87. The molecule has 1 aromatic rings. The molecule has 82 valence electrons. The second kappa shape index (κ2) is 5.88. The summed E-state index contributed by atoms with van der Waals surface area (Å²) in [6, 6.07) is 6.29. The lowest BCUT2D eigenvalue weighted by atomic mass is 10.3. The van der Waals surface area contributed by atoms with E-state index < -0.39 is 0 Å². The number of ketones is 1. The highest BCUT2D eigenvalue weighted by molar-refractivity contribution is 6.41. The molecule has 0 radical (unpaired) electrons. The number of hydrogen-bond acceptors (Lipinski definition) is 3. The monoisotopic (exact) mass is 235 g/mol. The van der Waals surface area contributed by atoms with Crippen LogP contribution >= 0.6 is 11.6 Å². The molecule has 0 saturated heterocycles. The first-order valence-electron chi connectivity index (χ1n) is 4.48. The number of nitrogens with zero attached hydrogens (tertiary/aromatic N) is 1. The molecule has 0 atom stereocenters. The summed E-state index contributed by atoms with van der Waals surface area (Å²) in [5, 5.41) is 9.26. The van der Waals surface area contributed by atoms with Gasteiger partial charge in [0, 0.05) is 12.3 Å². The fourth-order valence-corrected chi connectivity index (χ4v) is 1.06. The minimum absolute atomic E-state index is 0.169. The zero-order valence-electron chi connectivity index (χ0n) is 8.43. The van der Waals surface area contributed by atoms with Gasteiger partial charge in [-0.05, 0) is 30.3 Å². The number of rotatable bonds is 4. The van der Waals surface area contributed by atoms with Crippen molar-refractivity contribution in [2.75, 3.05) is 0 Å². The van der Waals surface area contributed by atoms with Crippen LogP contribution in [0.3, 0.4) is 0 Å². The van der Waals surface area contributed by atoms with E-state index in [-0.39, 0.29) is 16.6 Å². The Kier molecular flexibility index (Phi) is 4.48. The number of hydrogen-bond donors (Lipinski definition) is 1. The third-order valence-electron chi connectivity index (χ3n) is 1.67. The molecule has 1 rings (SSSR count). The Morgan fingerprint density at radius 1 is 1.38 bits per heavy atom. The van der Waals surface area contributed by atoms with Gasteiger partial charge in [-0.1, -0.05) is 18.2 Å². The van der Waals surface area contributed by atoms with E-state index in [0.29, 0.717) is 5.69 Å². The number of aromatic hydroxyl groups is 1. The number of phenolic OH excluding ortho intramolecular Hbond substituents is 1. The summed E-state index contributed by atoms with van der Waals surface area (Å²) in [4.78, 5) is 14.9. The molecule has 0 aliphatic heterocycles. The first-order valence-corrected chi connectivity index (χ1v) is 4.86. The molecule has 0 unspecified atom stereocenters. The lowest BCUT2D eigenvalue weighted by molar-refractivity contribution is -0.110. The first kappa shape index (κ1) is 12.2. The summed E-state index contributed by atoms with van der Waals surface area (Å²) < 4.78 is 0. The van der Waals surface area contributed by atoms with Crippen molar-refractivity contribution in [1.29, 1.82) is 0 Å². The number of carbonyl (C=O) groups excluding carboxylic acids is 1. The van der Waals surface area contributed by atoms with Crippen LogP contribution in [-0.2, 0) is 4.79 Å². The van der Waals surface area contributed by atoms with Gasteiger partial charge in [-0.25, -0.2) is 0 Å². The van der Waals surface area contributed by atoms with Crippen LogP contribution in [0.1, 0.15) is 0 Å². The summed E-state index contributed by atoms with van der Waals surface area (Å²) in [7, 11) is 0. The summed E-state index contributed by atoms with van der Waals surface area (Å²) in [5.41, 5.74) is 0.635. The van der Waals surface area contributed by atoms with Gasteiger partial charge < -0.3 is 5.11 Å². The highest BCUT2D eigenvalue weighted by Gasteiger charge is 1.93. The normalized spacial score (nSPS) is 11.7. The standard InChI is InChI=1S/C12H10ClNO2/c1-2-11(15)7-9(13)8-14-10-3-5-12(16)6-4-10/h2-8,16H,1H2/b9-7-,14-8?. The SMILES string of the molecule is C=CC(=O)/C=C(\Cl)C=Nc1ccc(O)cc1. The number of aliphatic imine (C=N–C) groups is 1. The van der Waals surface area contributed by atoms with Crippen molar-refractivity contribution in [3.63, 3.8) is 0 Å². The van der Waals surface area contributed by atoms with Crippen LogP contribution in [0, 0.1) is 0 Å². The lowest BCUT2D eigenvalue weighted by Crippen LogP contribution is -1.86. The van der Waals surface area contributed by atoms with Gasteiger partial charge in [0.2, 0.25) is 0 Å². The first-order chi connectivity index (χ1) is 7.61. The molecule has 1 aromatic carbocycles. The van der Waals surface area contributed by atoms with Gasteiger partial charge in [-0.2, -0.15) is 0 Å². The maximum absolute atomic E-state index is 10.9. The maximum atomic E-state index is 10.9. The molecule has 0 saturated carbocycles. The quantitative estimate of drug-likeness (QED) is 0.644. The number of halogens is 1. The van der Waals surface area contributed by atoms with Crippen LogP contribution in [-0.4, -0.2) is 17.1 Å². The molecule has 4 heteroatoms. The molecule has 0 aliphatic rings. The zero-order valence-corrected chi connectivity index (χ0v) is 9.19. The summed E-state index contributed by atoms with van der Waals surface area (Å²) in [6.07, 6.45) is 3.74. The molecule has 0 heterocycles. The van der Waals surface area contributed by atoms with E-state index >= 15 is 0 Å². The topological polar surface area (TPSA) is 49.7 Å². The highest BCUT2D eigenvalue weighted by Crippen LogP contribution is 2.16. The van der Waals surface area contributed by atoms with Crippen LogP contribution in [0.4, 0.5) is 5.69 Å². The number of phenols is 1. The fraction of sp³-hybridized carbons (Fsp3) is 0. The molecular formula is C12H10ClNO2. The number of allylic oxidation sites excluding steroid dienone is 3. The number of benzene rings is 1. The second-order valence-electron chi connectivity index (χ2n) is 2.91. The van der Waals surface area contributed by atoms with E-state index in [1.165, 1.54) is 24.4 Å². The second-order valence-corrected chi connectivity index (χ2v) is 3.35. The summed E-state index contributed by atoms with van der Waals surface area (Å²) >= 11 is 5.73. The van der Waals surface area contributed by atoms with Crippen LogP contribution in [0.15, 0.2) is 53.0 Å². The smallest absolute Gasteiger partial charge is 0.179 e. The molecule has 1 N–H and O–H groups in total. The van der Waals surface area contributed by atoms with Crippen LogP contribution in [0.25, 0.3) is 0 Å². The van der Waals surface area contributed by atoms with E-state index in [1.807, 2.05) is 0 Å². The molecule has 16 heavy (non-hydrogen) atoms. The molecule has 0 aliphatic carbocycles. The predicted octanol–water partition coefficient (Wildman–Crippen LogP) is 2.97.